The van der Waals surface area contributed by atoms with Crippen LogP contribution in [-0.2, 0) is 4.79 Å². The SMILES string of the molecule is CC[C@H](NC(=O)N(CCCO)C1CCC1)C(=O)O. The standard InChI is InChI=1S/C12H22N2O4/c1-2-10(11(16)17)13-12(18)14(7-4-8-15)9-5-3-6-9/h9-10,15H,2-8H2,1H3,(H,13,18)(H,16,17)/t10-/m0/s1. The fourth-order valence-electron chi connectivity index (χ4n) is 1.96. The van der Waals surface area contributed by atoms with E-state index in [1.54, 1.807) is 11.8 Å². The quantitative estimate of drug-likeness (QED) is 0.630. The van der Waals surface area contributed by atoms with Crippen molar-refractivity contribution in [2.24, 2.45) is 0 Å². The summed E-state index contributed by atoms with van der Waals surface area (Å²) < 4.78 is 0. The highest BCUT2D eigenvalue weighted by atomic mass is 16.4. The summed E-state index contributed by atoms with van der Waals surface area (Å²) in [6, 6.07) is -0.973. The molecule has 1 atom stereocenters. The molecule has 18 heavy (non-hydrogen) atoms. The lowest BCUT2D eigenvalue weighted by Crippen LogP contribution is -2.53. The molecule has 1 saturated carbocycles. The molecule has 1 aliphatic rings. The lowest BCUT2D eigenvalue weighted by molar-refractivity contribution is -0.139. The van der Waals surface area contributed by atoms with Crippen molar-refractivity contribution in [3.63, 3.8) is 0 Å². The van der Waals surface area contributed by atoms with E-state index in [1.807, 2.05) is 0 Å². The summed E-state index contributed by atoms with van der Waals surface area (Å²) in [6.45, 7) is 2.23. The zero-order valence-electron chi connectivity index (χ0n) is 10.8. The zero-order valence-corrected chi connectivity index (χ0v) is 10.8. The van der Waals surface area contributed by atoms with Crippen molar-refractivity contribution >= 4 is 12.0 Å². The molecule has 0 aromatic rings. The number of carboxylic acids is 1. The molecule has 1 rings (SSSR count). The second kappa shape index (κ2) is 7.20. The smallest absolute Gasteiger partial charge is 0.326 e. The van der Waals surface area contributed by atoms with Gasteiger partial charge in [0.2, 0.25) is 0 Å². The number of rotatable bonds is 7. The van der Waals surface area contributed by atoms with Gasteiger partial charge in [0.25, 0.3) is 0 Å². The van der Waals surface area contributed by atoms with Crippen LogP contribution in [-0.4, -0.2) is 52.3 Å². The number of nitrogens with zero attached hydrogens (tertiary/aromatic N) is 1. The number of hydrogen-bond acceptors (Lipinski definition) is 3. The second-order valence-corrected chi connectivity index (χ2v) is 4.60. The van der Waals surface area contributed by atoms with Gasteiger partial charge in [-0.15, -0.1) is 0 Å². The van der Waals surface area contributed by atoms with E-state index in [1.165, 1.54) is 0 Å². The van der Waals surface area contributed by atoms with Crippen LogP contribution in [0.15, 0.2) is 0 Å². The summed E-state index contributed by atoms with van der Waals surface area (Å²) >= 11 is 0. The Labute approximate surface area is 107 Å². The van der Waals surface area contributed by atoms with Crippen LogP contribution in [0.25, 0.3) is 0 Å². The lowest BCUT2D eigenvalue weighted by atomic mass is 9.91. The van der Waals surface area contributed by atoms with Crippen LogP contribution < -0.4 is 5.32 Å². The van der Waals surface area contributed by atoms with Gasteiger partial charge in [-0.05, 0) is 32.1 Å². The predicted octanol–water partition coefficient (Wildman–Crippen LogP) is 0.796. The van der Waals surface area contributed by atoms with E-state index in [0.717, 1.165) is 19.3 Å². The third-order valence-corrected chi connectivity index (χ3v) is 3.34. The summed E-state index contributed by atoms with van der Waals surface area (Å²) in [4.78, 5) is 24.6. The number of aliphatic hydroxyl groups is 1. The number of nitrogens with one attached hydrogen (secondary N) is 1. The molecule has 0 unspecified atom stereocenters. The summed E-state index contributed by atoms with van der Waals surface area (Å²) in [6.07, 6.45) is 3.91. The minimum Gasteiger partial charge on any atom is -0.480 e. The van der Waals surface area contributed by atoms with E-state index in [0.29, 0.717) is 19.4 Å². The average Bonchev–Trinajstić information content (AvgIpc) is 2.27. The van der Waals surface area contributed by atoms with Gasteiger partial charge < -0.3 is 20.4 Å². The van der Waals surface area contributed by atoms with E-state index in [2.05, 4.69) is 5.32 Å². The zero-order chi connectivity index (χ0) is 13.5. The number of hydrogen-bond donors (Lipinski definition) is 3. The van der Waals surface area contributed by atoms with Gasteiger partial charge in [0, 0.05) is 19.2 Å². The number of aliphatic carboxylic acids is 1. The van der Waals surface area contributed by atoms with E-state index in [-0.39, 0.29) is 18.7 Å². The average molecular weight is 258 g/mol. The number of carbonyl (C=O) groups is 2. The fourth-order valence-corrected chi connectivity index (χ4v) is 1.96. The molecule has 1 fully saturated rings. The summed E-state index contributed by atoms with van der Waals surface area (Å²) in [5, 5.41) is 20.3. The van der Waals surface area contributed by atoms with Crippen molar-refractivity contribution in [1.29, 1.82) is 0 Å². The molecule has 0 radical (unpaired) electrons. The highest BCUT2D eigenvalue weighted by Gasteiger charge is 2.30. The molecule has 1 aliphatic carbocycles. The Balaban J connectivity index is 2.54. The molecule has 104 valence electrons. The lowest BCUT2D eigenvalue weighted by Gasteiger charge is -2.38. The maximum absolute atomic E-state index is 12.0. The molecular formula is C12H22N2O4. The Kier molecular flexibility index (Phi) is 5.91. The largest absolute Gasteiger partial charge is 0.480 e. The summed E-state index contributed by atoms with van der Waals surface area (Å²) in [7, 11) is 0. The molecular weight excluding hydrogens is 236 g/mol. The van der Waals surface area contributed by atoms with Gasteiger partial charge in [-0.2, -0.15) is 0 Å². The second-order valence-electron chi connectivity index (χ2n) is 4.60. The maximum Gasteiger partial charge on any atom is 0.326 e. The molecule has 6 nitrogen and oxygen atoms in total. The van der Waals surface area contributed by atoms with Gasteiger partial charge in [0.05, 0.1) is 0 Å². The Morgan fingerprint density at radius 3 is 2.50 bits per heavy atom. The number of carbonyl (C=O) groups excluding carboxylic acids is 1. The van der Waals surface area contributed by atoms with Crippen LogP contribution >= 0.6 is 0 Å². The monoisotopic (exact) mass is 258 g/mol. The van der Waals surface area contributed by atoms with Gasteiger partial charge in [-0.3, -0.25) is 0 Å². The van der Waals surface area contributed by atoms with Crippen molar-refractivity contribution in [1.82, 2.24) is 10.2 Å². The van der Waals surface area contributed by atoms with E-state index in [9.17, 15) is 9.59 Å². The minimum atomic E-state index is -1.01. The summed E-state index contributed by atoms with van der Waals surface area (Å²) in [5.74, 6) is -1.01. The first kappa shape index (κ1) is 14.8. The van der Waals surface area contributed by atoms with Crippen LogP contribution in [0.5, 0.6) is 0 Å². The number of carboxylic acid groups (broad SMARTS) is 1. The van der Waals surface area contributed by atoms with Crippen molar-refractivity contribution in [3.8, 4) is 0 Å². The van der Waals surface area contributed by atoms with Crippen LogP contribution in [0, 0.1) is 0 Å². The third-order valence-electron chi connectivity index (χ3n) is 3.34. The predicted molar refractivity (Wildman–Crippen MR) is 66.3 cm³/mol. The maximum atomic E-state index is 12.0. The van der Waals surface area contributed by atoms with Gasteiger partial charge in [0.1, 0.15) is 6.04 Å². The normalized spacial score (nSPS) is 16.8. The number of aliphatic hydroxyl groups excluding tert-OH is 1. The minimum absolute atomic E-state index is 0.0344. The van der Waals surface area contributed by atoms with E-state index >= 15 is 0 Å². The molecule has 0 heterocycles. The Hall–Kier alpha value is -1.30. The van der Waals surface area contributed by atoms with Gasteiger partial charge in [-0.25, -0.2) is 9.59 Å². The number of urea groups is 1. The summed E-state index contributed by atoms with van der Waals surface area (Å²) in [5.41, 5.74) is 0. The van der Waals surface area contributed by atoms with Crippen molar-refractivity contribution in [2.75, 3.05) is 13.2 Å². The van der Waals surface area contributed by atoms with Crippen LogP contribution in [0.4, 0.5) is 4.79 Å². The van der Waals surface area contributed by atoms with E-state index < -0.39 is 12.0 Å². The highest BCUT2D eigenvalue weighted by Crippen LogP contribution is 2.25. The first-order valence-electron chi connectivity index (χ1n) is 6.51. The molecule has 3 N–H and O–H groups in total. The first-order chi connectivity index (χ1) is 8.60. The van der Waals surface area contributed by atoms with Crippen LogP contribution in [0.3, 0.4) is 0 Å². The molecule has 0 spiro atoms. The highest BCUT2D eigenvalue weighted by molar-refractivity contribution is 5.82. The number of amides is 2. The fraction of sp³-hybridized carbons (Fsp3) is 0.833. The molecule has 2 amide bonds. The van der Waals surface area contributed by atoms with Crippen LogP contribution in [0.1, 0.15) is 39.0 Å². The van der Waals surface area contributed by atoms with Crippen molar-refractivity contribution in [2.45, 2.75) is 51.1 Å². The molecule has 0 aromatic carbocycles. The van der Waals surface area contributed by atoms with Crippen molar-refractivity contribution < 1.29 is 19.8 Å². The van der Waals surface area contributed by atoms with Gasteiger partial charge in [-0.1, -0.05) is 6.92 Å². The molecule has 0 bridgehead atoms. The van der Waals surface area contributed by atoms with E-state index in [4.69, 9.17) is 10.2 Å². The third kappa shape index (κ3) is 3.87. The van der Waals surface area contributed by atoms with Gasteiger partial charge in [0.15, 0.2) is 0 Å². The Morgan fingerprint density at radius 2 is 2.11 bits per heavy atom. The topological polar surface area (TPSA) is 89.9 Å². The Morgan fingerprint density at radius 1 is 1.44 bits per heavy atom. The van der Waals surface area contributed by atoms with Crippen molar-refractivity contribution in [3.05, 3.63) is 0 Å². The van der Waals surface area contributed by atoms with Gasteiger partial charge >= 0.3 is 12.0 Å². The molecule has 0 aromatic heterocycles. The molecule has 0 saturated heterocycles. The first-order valence-corrected chi connectivity index (χ1v) is 6.51. The molecule has 0 aliphatic heterocycles. The Bertz CT molecular complexity index is 292. The molecule has 6 heteroatoms. The van der Waals surface area contributed by atoms with Crippen LogP contribution in [0.2, 0.25) is 0 Å².